The van der Waals surface area contributed by atoms with Crippen LogP contribution in [0.3, 0.4) is 0 Å². The van der Waals surface area contributed by atoms with E-state index in [-0.39, 0.29) is 29.1 Å². The Balaban J connectivity index is 2.26. The summed E-state index contributed by atoms with van der Waals surface area (Å²) >= 11 is 0. The molecule has 23 heavy (non-hydrogen) atoms. The predicted octanol–water partition coefficient (Wildman–Crippen LogP) is 2.59. The van der Waals surface area contributed by atoms with E-state index in [0.717, 1.165) is 0 Å². The van der Waals surface area contributed by atoms with Crippen LogP contribution in [0.1, 0.15) is 44.8 Å². The number of pyridine rings is 1. The number of aromatic carboxylic acids is 1. The lowest BCUT2D eigenvalue weighted by molar-refractivity contribution is 0.0525. The molecule has 0 amide bonds. The van der Waals surface area contributed by atoms with Gasteiger partial charge in [-0.1, -0.05) is 0 Å². The van der Waals surface area contributed by atoms with Crippen LogP contribution < -0.4 is 0 Å². The van der Waals surface area contributed by atoms with Crippen molar-refractivity contribution in [2.75, 3.05) is 6.61 Å². The Morgan fingerprint density at radius 3 is 2.87 bits per heavy atom. The maximum absolute atomic E-state index is 11.5. The number of hydrogen-bond donors (Lipinski definition) is 1. The second-order valence-electron chi connectivity index (χ2n) is 4.34. The number of carbonyl (C=O) groups excluding carboxylic acids is 1. The Bertz CT molecular complexity index is 814. The van der Waals surface area contributed by atoms with E-state index < -0.39 is 11.9 Å². The van der Waals surface area contributed by atoms with E-state index in [4.69, 9.17) is 19.5 Å². The smallest absolute Gasteiger partial charge is 0.354 e. The summed E-state index contributed by atoms with van der Waals surface area (Å²) in [7, 11) is 0. The highest BCUT2D eigenvalue weighted by atomic mass is 16.5. The van der Waals surface area contributed by atoms with Crippen LogP contribution >= 0.6 is 0 Å². The molecule has 0 radical (unpaired) electrons. The first kappa shape index (κ1) is 16.0. The summed E-state index contributed by atoms with van der Waals surface area (Å²) in [6.07, 6.45) is 4.18. The van der Waals surface area contributed by atoms with Crippen molar-refractivity contribution < 1.29 is 23.8 Å². The monoisotopic (exact) mass is 312 g/mol. The highest BCUT2D eigenvalue weighted by Gasteiger charge is 2.11. The molecule has 116 valence electrons. The Morgan fingerprint density at radius 2 is 2.22 bits per heavy atom. The molecule has 0 bridgehead atoms. The quantitative estimate of drug-likeness (QED) is 0.844. The van der Waals surface area contributed by atoms with E-state index in [1.54, 1.807) is 6.92 Å². The molecular formula is C16H12N2O5. The van der Waals surface area contributed by atoms with Crippen molar-refractivity contribution in [3.05, 3.63) is 52.7 Å². The second kappa shape index (κ2) is 7.04. The maximum Gasteiger partial charge on any atom is 0.354 e. The number of carboxylic acids is 1. The molecule has 0 aromatic carbocycles. The van der Waals surface area contributed by atoms with Gasteiger partial charge in [-0.05, 0) is 37.3 Å². The minimum absolute atomic E-state index is 0.171. The van der Waals surface area contributed by atoms with Gasteiger partial charge in [-0.25, -0.2) is 14.6 Å². The number of furan rings is 1. The standard InChI is InChI=1S/C16H12N2O5/c1-2-22-16(21)11-7-12(23-9-11)4-6-13-10(8-17)3-5-14(18-13)15(19)20/h3-7,9H,2H2,1H3,(H,19,20)/b6-4+. The molecule has 2 heterocycles. The van der Waals surface area contributed by atoms with Crippen molar-refractivity contribution in [1.82, 2.24) is 4.98 Å². The summed E-state index contributed by atoms with van der Waals surface area (Å²) < 4.78 is 10.0. The Morgan fingerprint density at radius 1 is 1.43 bits per heavy atom. The molecule has 0 atom stereocenters. The number of carbonyl (C=O) groups is 2. The number of ether oxygens (including phenoxy) is 1. The van der Waals surface area contributed by atoms with Crippen LogP contribution in [-0.2, 0) is 4.74 Å². The van der Waals surface area contributed by atoms with E-state index in [1.165, 1.54) is 36.6 Å². The van der Waals surface area contributed by atoms with E-state index in [1.807, 2.05) is 6.07 Å². The summed E-state index contributed by atoms with van der Waals surface area (Å²) in [5, 5.41) is 18.0. The largest absolute Gasteiger partial charge is 0.477 e. The van der Waals surface area contributed by atoms with Gasteiger partial charge in [0.25, 0.3) is 0 Å². The molecule has 0 saturated carbocycles. The first-order valence-corrected chi connectivity index (χ1v) is 6.63. The van der Waals surface area contributed by atoms with Gasteiger partial charge in [0.2, 0.25) is 0 Å². The Kier molecular flexibility index (Phi) is 4.89. The van der Waals surface area contributed by atoms with Gasteiger partial charge in [0.05, 0.1) is 23.4 Å². The van der Waals surface area contributed by atoms with Gasteiger partial charge in [-0.3, -0.25) is 0 Å². The third-order valence-electron chi connectivity index (χ3n) is 2.80. The van der Waals surface area contributed by atoms with Crippen molar-refractivity contribution in [3.8, 4) is 6.07 Å². The van der Waals surface area contributed by atoms with E-state index in [9.17, 15) is 9.59 Å². The fraction of sp³-hybridized carbons (Fsp3) is 0.125. The number of nitriles is 1. The number of esters is 1. The van der Waals surface area contributed by atoms with Crippen LogP contribution in [0.4, 0.5) is 0 Å². The summed E-state index contributed by atoms with van der Waals surface area (Å²) in [6.45, 7) is 1.95. The van der Waals surface area contributed by atoms with Gasteiger partial charge in [0.1, 0.15) is 23.8 Å². The molecule has 0 spiro atoms. The highest BCUT2D eigenvalue weighted by Crippen LogP contribution is 2.15. The first-order valence-electron chi connectivity index (χ1n) is 6.63. The van der Waals surface area contributed by atoms with E-state index in [2.05, 4.69) is 4.98 Å². The molecule has 7 heteroatoms. The van der Waals surface area contributed by atoms with Crippen LogP contribution in [0.15, 0.2) is 28.9 Å². The molecule has 2 aromatic heterocycles. The number of hydrogen-bond acceptors (Lipinski definition) is 6. The van der Waals surface area contributed by atoms with Gasteiger partial charge >= 0.3 is 11.9 Å². The minimum Gasteiger partial charge on any atom is -0.477 e. The fourth-order valence-corrected chi connectivity index (χ4v) is 1.74. The first-order chi connectivity index (χ1) is 11.0. The van der Waals surface area contributed by atoms with Crippen molar-refractivity contribution in [2.45, 2.75) is 6.92 Å². The topological polar surface area (TPSA) is 113 Å². The number of aromatic nitrogens is 1. The van der Waals surface area contributed by atoms with Crippen molar-refractivity contribution in [3.63, 3.8) is 0 Å². The number of rotatable bonds is 5. The molecule has 0 aliphatic carbocycles. The number of carboxylic acid groups (broad SMARTS) is 1. The van der Waals surface area contributed by atoms with Gasteiger partial charge in [0.15, 0.2) is 0 Å². The zero-order valence-corrected chi connectivity index (χ0v) is 12.1. The SMILES string of the molecule is CCOC(=O)c1coc(/C=C/c2nc(C(=O)O)ccc2C#N)c1. The molecule has 7 nitrogen and oxygen atoms in total. The van der Waals surface area contributed by atoms with Crippen LogP contribution in [-0.4, -0.2) is 28.6 Å². The number of nitrogens with zero attached hydrogens (tertiary/aromatic N) is 2. The van der Waals surface area contributed by atoms with Gasteiger partial charge in [0, 0.05) is 0 Å². The summed E-state index contributed by atoms with van der Waals surface area (Å²) in [5.74, 6) is -1.34. The van der Waals surface area contributed by atoms with Crippen LogP contribution in [0, 0.1) is 11.3 Å². The molecule has 0 aliphatic rings. The average Bonchev–Trinajstić information content (AvgIpc) is 3.01. The normalized spacial score (nSPS) is 10.4. The molecule has 0 saturated heterocycles. The lowest BCUT2D eigenvalue weighted by Gasteiger charge is -1.99. The van der Waals surface area contributed by atoms with Gasteiger partial charge in [-0.15, -0.1) is 0 Å². The second-order valence-corrected chi connectivity index (χ2v) is 4.34. The van der Waals surface area contributed by atoms with E-state index in [0.29, 0.717) is 5.76 Å². The minimum atomic E-state index is -1.19. The van der Waals surface area contributed by atoms with E-state index >= 15 is 0 Å². The highest BCUT2D eigenvalue weighted by molar-refractivity contribution is 5.90. The summed E-state index contributed by atoms with van der Waals surface area (Å²) in [5.41, 5.74) is 0.513. The van der Waals surface area contributed by atoms with Crippen molar-refractivity contribution in [1.29, 1.82) is 5.26 Å². The molecule has 0 fully saturated rings. The molecule has 0 unspecified atom stereocenters. The lowest BCUT2D eigenvalue weighted by Crippen LogP contribution is -2.02. The fourth-order valence-electron chi connectivity index (χ4n) is 1.74. The summed E-state index contributed by atoms with van der Waals surface area (Å²) in [4.78, 5) is 26.3. The lowest BCUT2D eigenvalue weighted by atomic mass is 10.1. The third-order valence-corrected chi connectivity index (χ3v) is 2.80. The molecular weight excluding hydrogens is 300 g/mol. The third kappa shape index (κ3) is 3.83. The zero-order chi connectivity index (χ0) is 16.8. The molecule has 1 N–H and O–H groups in total. The van der Waals surface area contributed by atoms with Crippen molar-refractivity contribution in [2.24, 2.45) is 0 Å². The summed E-state index contributed by atoms with van der Waals surface area (Å²) in [6, 6.07) is 6.03. The molecule has 0 aliphatic heterocycles. The Hall–Kier alpha value is -3.40. The zero-order valence-electron chi connectivity index (χ0n) is 12.1. The molecule has 2 aromatic rings. The van der Waals surface area contributed by atoms with Crippen LogP contribution in [0.5, 0.6) is 0 Å². The molecule has 2 rings (SSSR count). The Labute approximate surface area is 131 Å². The van der Waals surface area contributed by atoms with Crippen molar-refractivity contribution >= 4 is 24.1 Å². The van der Waals surface area contributed by atoms with Gasteiger partial charge in [-0.2, -0.15) is 5.26 Å². The maximum atomic E-state index is 11.5. The average molecular weight is 312 g/mol. The van der Waals surface area contributed by atoms with Gasteiger partial charge < -0.3 is 14.3 Å². The van der Waals surface area contributed by atoms with Crippen LogP contribution in [0.2, 0.25) is 0 Å². The predicted molar refractivity (Wildman–Crippen MR) is 79.5 cm³/mol. The van der Waals surface area contributed by atoms with Crippen LogP contribution in [0.25, 0.3) is 12.2 Å².